The van der Waals surface area contributed by atoms with Gasteiger partial charge >= 0.3 is 12.0 Å². The van der Waals surface area contributed by atoms with Crippen molar-refractivity contribution in [3.63, 3.8) is 0 Å². The van der Waals surface area contributed by atoms with E-state index in [2.05, 4.69) is 5.32 Å². The lowest BCUT2D eigenvalue weighted by Gasteiger charge is -2.21. The highest BCUT2D eigenvalue weighted by atomic mass is 16.5. The number of rotatable bonds is 8. The summed E-state index contributed by atoms with van der Waals surface area (Å²) < 4.78 is 5.16. The van der Waals surface area contributed by atoms with E-state index in [0.29, 0.717) is 19.8 Å². The number of carboxylic acids is 1. The Morgan fingerprint density at radius 2 is 2.00 bits per heavy atom. The van der Waals surface area contributed by atoms with Crippen molar-refractivity contribution in [3.05, 3.63) is 35.9 Å². The Morgan fingerprint density at radius 3 is 2.57 bits per heavy atom. The molecule has 1 rings (SSSR count). The molecule has 6 heteroatoms. The van der Waals surface area contributed by atoms with E-state index < -0.39 is 18.0 Å². The highest BCUT2D eigenvalue weighted by molar-refractivity contribution is 5.82. The van der Waals surface area contributed by atoms with Crippen LogP contribution in [0.2, 0.25) is 0 Å². The number of hydrogen-bond donors (Lipinski definition) is 2. The quantitative estimate of drug-likeness (QED) is 0.710. The first-order valence-corrected chi connectivity index (χ1v) is 6.90. The number of carbonyl (C=O) groups is 2. The van der Waals surface area contributed by atoms with Gasteiger partial charge in [0, 0.05) is 26.6 Å². The Balaban J connectivity index is 2.54. The van der Waals surface area contributed by atoms with Crippen molar-refractivity contribution >= 4 is 12.0 Å². The highest BCUT2D eigenvalue weighted by Gasteiger charge is 2.21. The topological polar surface area (TPSA) is 78.9 Å². The van der Waals surface area contributed by atoms with Gasteiger partial charge in [0.1, 0.15) is 6.04 Å². The lowest BCUT2D eigenvalue weighted by atomic mass is 10.1. The fourth-order valence-corrected chi connectivity index (χ4v) is 1.76. The van der Waals surface area contributed by atoms with Crippen molar-refractivity contribution in [2.75, 3.05) is 26.8 Å². The second-order valence-corrected chi connectivity index (χ2v) is 4.65. The zero-order valence-electron chi connectivity index (χ0n) is 12.4. The van der Waals surface area contributed by atoms with Crippen LogP contribution in [-0.2, 0) is 16.0 Å². The first-order valence-electron chi connectivity index (χ1n) is 6.90. The number of likely N-dealkylation sites (N-methyl/N-ethyl adjacent to an activating group) is 1. The fraction of sp³-hybridized carbons (Fsp3) is 0.467. The number of ether oxygens (including phenoxy) is 1. The van der Waals surface area contributed by atoms with Gasteiger partial charge in [-0.25, -0.2) is 9.59 Å². The Labute approximate surface area is 124 Å². The molecular weight excluding hydrogens is 272 g/mol. The van der Waals surface area contributed by atoms with Crippen molar-refractivity contribution < 1.29 is 19.4 Å². The average molecular weight is 294 g/mol. The first kappa shape index (κ1) is 17.0. The molecule has 0 unspecified atom stereocenters. The number of hydrogen-bond acceptors (Lipinski definition) is 3. The van der Waals surface area contributed by atoms with Crippen molar-refractivity contribution in [3.8, 4) is 0 Å². The van der Waals surface area contributed by atoms with E-state index in [1.165, 1.54) is 4.90 Å². The lowest BCUT2D eigenvalue weighted by molar-refractivity contribution is -0.139. The molecule has 0 aromatic heterocycles. The molecule has 0 fully saturated rings. The minimum atomic E-state index is -1.05. The molecule has 0 aliphatic rings. The van der Waals surface area contributed by atoms with Crippen LogP contribution in [-0.4, -0.2) is 54.9 Å². The lowest BCUT2D eigenvalue weighted by Crippen LogP contribution is -2.48. The number of urea groups is 1. The minimum Gasteiger partial charge on any atom is -0.480 e. The molecule has 0 saturated carbocycles. The van der Waals surface area contributed by atoms with Gasteiger partial charge in [0.25, 0.3) is 0 Å². The van der Waals surface area contributed by atoms with Gasteiger partial charge in [-0.1, -0.05) is 30.3 Å². The Morgan fingerprint density at radius 1 is 1.33 bits per heavy atom. The third-order valence-corrected chi connectivity index (χ3v) is 3.00. The molecule has 21 heavy (non-hydrogen) atoms. The Kier molecular flexibility index (Phi) is 7.25. The van der Waals surface area contributed by atoms with Gasteiger partial charge in [-0.05, 0) is 12.5 Å². The van der Waals surface area contributed by atoms with E-state index in [0.717, 1.165) is 5.56 Å². The molecule has 0 aliphatic carbocycles. The summed E-state index contributed by atoms with van der Waals surface area (Å²) in [6, 6.07) is 7.84. The molecule has 0 spiro atoms. The predicted octanol–water partition coefficient (Wildman–Crippen LogP) is 1.36. The maximum absolute atomic E-state index is 11.9. The third-order valence-electron chi connectivity index (χ3n) is 3.00. The molecule has 2 amide bonds. The summed E-state index contributed by atoms with van der Waals surface area (Å²) in [6.07, 6.45) is 0.251. The standard InChI is InChI=1S/C15H22N2O4/c1-3-21-10-9-17(2)15(20)16-13(14(18)19)11-12-7-5-4-6-8-12/h4-8,13H,3,9-11H2,1-2H3,(H,16,20)(H,18,19)/t13-/m0/s1. The molecule has 0 saturated heterocycles. The monoisotopic (exact) mass is 294 g/mol. The van der Waals surface area contributed by atoms with Crippen molar-refractivity contribution in [1.29, 1.82) is 0 Å². The molecule has 116 valence electrons. The summed E-state index contributed by atoms with van der Waals surface area (Å²) in [5.74, 6) is -1.05. The molecule has 2 N–H and O–H groups in total. The van der Waals surface area contributed by atoms with Crippen LogP contribution >= 0.6 is 0 Å². The van der Waals surface area contributed by atoms with Crippen molar-refractivity contribution in [2.45, 2.75) is 19.4 Å². The number of aliphatic carboxylic acids is 1. The van der Waals surface area contributed by atoms with E-state index in [4.69, 9.17) is 4.74 Å². The van der Waals surface area contributed by atoms with Crippen LogP contribution in [0.25, 0.3) is 0 Å². The summed E-state index contributed by atoms with van der Waals surface area (Å²) in [6.45, 7) is 3.30. The molecule has 0 bridgehead atoms. The number of nitrogens with zero attached hydrogens (tertiary/aromatic N) is 1. The maximum atomic E-state index is 11.9. The van der Waals surface area contributed by atoms with Gasteiger partial charge in [-0.3, -0.25) is 0 Å². The van der Waals surface area contributed by atoms with E-state index in [-0.39, 0.29) is 6.42 Å². The smallest absolute Gasteiger partial charge is 0.326 e. The zero-order chi connectivity index (χ0) is 15.7. The van der Waals surface area contributed by atoms with Crippen LogP contribution in [0.4, 0.5) is 4.79 Å². The number of carbonyl (C=O) groups excluding carboxylic acids is 1. The average Bonchev–Trinajstić information content (AvgIpc) is 2.47. The van der Waals surface area contributed by atoms with Gasteiger partial charge in [-0.15, -0.1) is 0 Å². The maximum Gasteiger partial charge on any atom is 0.326 e. The van der Waals surface area contributed by atoms with Crippen LogP contribution in [0.3, 0.4) is 0 Å². The second-order valence-electron chi connectivity index (χ2n) is 4.65. The molecule has 0 heterocycles. The summed E-state index contributed by atoms with van der Waals surface area (Å²) in [5, 5.41) is 11.7. The zero-order valence-corrected chi connectivity index (χ0v) is 12.4. The molecule has 1 aromatic rings. The van der Waals surface area contributed by atoms with Crippen LogP contribution in [0.15, 0.2) is 30.3 Å². The highest BCUT2D eigenvalue weighted by Crippen LogP contribution is 2.04. The molecule has 0 radical (unpaired) electrons. The number of amides is 2. The molecule has 1 aromatic carbocycles. The number of benzene rings is 1. The summed E-state index contributed by atoms with van der Waals surface area (Å²) in [4.78, 5) is 24.6. The first-order chi connectivity index (χ1) is 10.0. The normalized spacial score (nSPS) is 11.7. The van der Waals surface area contributed by atoms with Gasteiger partial charge in [0.05, 0.1) is 6.61 Å². The van der Waals surface area contributed by atoms with Gasteiger partial charge in [0.15, 0.2) is 0 Å². The summed E-state index contributed by atoms with van der Waals surface area (Å²) >= 11 is 0. The SMILES string of the molecule is CCOCCN(C)C(=O)N[C@@H](Cc1ccccc1)C(=O)O. The van der Waals surface area contributed by atoms with E-state index >= 15 is 0 Å². The predicted molar refractivity (Wildman–Crippen MR) is 79.2 cm³/mol. The van der Waals surface area contributed by atoms with E-state index in [1.54, 1.807) is 7.05 Å². The fourth-order valence-electron chi connectivity index (χ4n) is 1.76. The Hall–Kier alpha value is -2.08. The van der Waals surface area contributed by atoms with Crippen LogP contribution in [0, 0.1) is 0 Å². The minimum absolute atomic E-state index is 0.251. The summed E-state index contributed by atoms with van der Waals surface area (Å²) in [5.41, 5.74) is 0.863. The third kappa shape index (κ3) is 6.27. The second kappa shape index (κ2) is 8.97. The van der Waals surface area contributed by atoms with Crippen LogP contribution < -0.4 is 5.32 Å². The van der Waals surface area contributed by atoms with Gasteiger partial charge in [0.2, 0.25) is 0 Å². The van der Waals surface area contributed by atoms with E-state index in [1.807, 2.05) is 37.3 Å². The molecule has 0 aliphatic heterocycles. The van der Waals surface area contributed by atoms with Gasteiger partial charge < -0.3 is 20.1 Å². The number of nitrogens with one attached hydrogen (secondary N) is 1. The van der Waals surface area contributed by atoms with Crippen molar-refractivity contribution in [1.82, 2.24) is 10.2 Å². The van der Waals surface area contributed by atoms with Crippen LogP contribution in [0.1, 0.15) is 12.5 Å². The number of carboxylic acid groups (broad SMARTS) is 1. The van der Waals surface area contributed by atoms with E-state index in [9.17, 15) is 14.7 Å². The molecule has 1 atom stereocenters. The molecule has 6 nitrogen and oxygen atoms in total. The summed E-state index contributed by atoms with van der Waals surface area (Å²) in [7, 11) is 1.61. The Bertz CT molecular complexity index is 450. The van der Waals surface area contributed by atoms with Crippen molar-refractivity contribution in [2.24, 2.45) is 0 Å². The largest absolute Gasteiger partial charge is 0.480 e. The van der Waals surface area contributed by atoms with Crippen LogP contribution in [0.5, 0.6) is 0 Å². The van der Waals surface area contributed by atoms with Gasteiger partial charge in [-0.2, -0.15) is 0 Å². The molecular formula is C15H22N2O4.